The van der Waals surface area contributed by atoms with Crippen LogP contribution in [0.25, 0.3) is 0 Å². The maximum atomic E-state index is 13.2. The second kappa shape index (κ2) is 9.17. The number of halogens is 1. The van der Waals surface area contributed by atoms with Crippen LogP contribution in [-0.4, -0.2) is 47.0 Å². The van der Waals surface area contributed by atoms with Crippen molar-refractivity contribution >= 4 is 12.0 Å². The fourth-order valence-electron chi connectivity index (χ4n) is 4.50. The Balaban J connectivity index is 1.21. The molecule has 2 heterocycles. The molecule has 6 nitrogen and oxygen atoms in total. The summed E-state index contributed by atoms with van der Waals surface area (Å²) in [6, 6.07) is 22.9. The van der Waals surface area contributed by atoms with Crippen molar-refractivity contribution < 1.29 is 23.5 Å². The van der Waals surface area contributed by atoms with Crippen molar-refractivity contribution in [3.05, 3.63) is 101 Å². The van der Waals surface area contributed by atoms with Gasteiger partial charge in [-0.1, -0.05) is 48.5 Å². The molecule has 0 saturated carbocycles. The number of amides is 2. The number of ether oxygens (including phenoxy) is 2. The topological polar surface area (TPSA) is 59.1 Å². The Kier molecular flexibility index (Phi) is 5.92. The molecule has 2 fully saturated rings. The van der Waals surface area contributed by atoms with Crippen LogP contribution in [0.1, 0.15) is 27.9 Å². The first-order valence-electron chi connectivity index (χ1n) is 11.3. The van der Waals surface area contributed by atoms with Crippen LogP contribution in [0.2, 0.25) is 0 Å². The third-order valence-corrected chi connectivity index (χ3v) is 6.26. The predicted molar refractivity (Wildman–Crippen MR) is 124 cm³/mol. The fourth-order valence-corrected chi connectivity index (χ4v) is 4.50. The van der Waals surface area contributed by atoms with Gasteiger partial charge < -0.3 is 14.4 Å². The lowest BCUT2D eigenvalue weighted by atomic mass is 10.0. The monoisotopic (exact) mass is 460 g/mol. The van der Waals surface area contributed by atoms with Gasteiger partial charge in [-0.3, -0.25) is 9.69 Å². The molecular formula is C27H25FN2O4. The first-order valence-corrected chi connectivity index (χ1v) is 11.3. The van der Waals surface area contributed by atoms with E-state index in [-0.39, 0.29) is 24.4 Å². The Bertz CT molecular complexity index is 1180. The van der Waals surface area contributed by atoms with Crippen LogP contribution < -0.4 is 4.74 Å². The van der Waals surface area contributed by atoms with E-state index in [1.165, 1.54) is 12.1 Å². The molecule has 3 aromatic rings. The second-order valence-corrected chi connectivity index (χ2v) is 8.81. The molecule has 7 heteroatoms. The third kappa shape index (κ3) is 4.73. The van der Waals surface area contributed by atoms with Crippen LogP contribution >= 0.6 is 0 Å². The molecule has 0 bridgehead atoms. The predicted octanol–water partition coefficient (Wildman–Crippen LogP) is 4.64. The molecule has 2 aliphatic rings. The van der Waals surface area contributed by atoms with E-state index in [1.807, 2.05) is 30.3 Å². The number of benzene rings is 3. The molecule has 0 aromatic heterocycles. The molecule has 1 atom stereocenters. The molecular weight excluding hydrogens is 435 g/mol. The zero-order valence-electron chi connectivity index (χ0n) is 18.7. The van der Waals surface area contributed by atoms with Crippen molar-refractivity contribution in [1.82, 2.24) is 9.80 Å². The van der Waals surface area contributed by atoms with Crippen molar-refractivity contribution in [3.63, 3.8) is 0 Å². The zero-order chi connectivity index (χ0) is 23.5. The average Bonchev–Trinajstić information content (AvgIpc) is 3.40. The van der Waals surface area contributed by atoms with Crippen molar-refractivity contribution in [2.75, 3.05) is 19.6 Å². The molecule has 174 valence electrons. The summed E-state index contributed by atoms with van der Waals surface area (Å²) in [5.74, 6) is 0.142. The van der Waals surface area contributed by atoms with Gasteiger partial charge in [-0.15, -0.1) is 0 Å². The largest absolute Gasteiger partial charge is 0.489 e. The molecule has 2 saturated heterocycles. The van der Waals surface area contributed by atoms with Gasteiger partial charge in [0.15, 0.2) is 5.60 Å². The van der Waals surface area contributed by atoms with Gasteiger partial charge in [0.25, 0.3) is 5.91 Å². The number of carbonyl (C=O) groups excluding carboxylic acids is 2. The summed E-state index contributed by atoms with van der Waals surface area (Å²) in [6.45, 7) is 2.11. The highest BCUT2D eigenvalue weighted by molar-refractivity contribution is 5.95. The van der Waals surface area contributed by atoms with Gasteiger partial charge >= 0.3 is 6.09 Å². The molecule has 3 aromatic carbocycles. The van der Waals surface area contributed by atoms with E-state index >= 15 is 0 Å². The van der Waals surface area contributed by atoms with Crippen LogP contribution in [0.5, 0.6) is 5.75 Å². The summed E-state index contributed by atoms with van der Waals surface area (Å²) in [7, 11) is 0. The number of rotatable bonds is 6. The third-order valence-electron chi connectivity index (χ3n) is 6.26. The van der Waals surface area contributed by atoms with Gasteiger partial charge in [0.05, 0.1) is 13.1 Å². The standard InChI is InChI=1S/C27H25FN2O4/c28-23-11-9-21(10-12-23)17-33-24-8-4-7-22(15-24)25(31)29-14-13-27(18-29)19-30(26(32)34-27)16-20-5-2-1-3-6-20/h1-12,15H,13-14,16-19H2/t27-/m0/s1. The summed E-state index contributed by atoms with van der Waals surface area (Å²) in [4.78, 5) is 29.1. The van der Waals surface area contributed by atoms with E-state index in [0.717, 1.165) is 11.1 Å². The number of hydrogen-bond donors (Lipinski definition) is 0. The molecule has 0 radical (unpaired) electrons. The van der Waals surface area contributed by atoms with E-state index in [0.29, 0.717) is 43.9 Å². The van der Waals surface area contributed by atoms with Crippen LogP contribution in [0.15, 0.2) is 78.9 Å². The fraction of sp³-hybridized carbons (Fsp3) is 0.259. The Labute approximate surface area is 197 Å². The van der Waals surface area contributed by atoms with E-state index in [9.17, 15) is 14.0 Å². The highest BCUT2D eigenvalue weighted by Crippen LogP contribution is 2.34. The van der Waals surface area contributed by atoms with Gasteiger partial charge in [0, 0.05) is 25.1 Å². The molecule has 0 unspecified atom stereocenters. The van der Waals surface area contributed by atoms with Crippen LogP contribution in [-0.2, 0) is 17.9 Å². The number of nitrogens with zero attached hydrogens (tertiary/aromatic N) is 2. The minimum Gasteiger partial charge on any atom is -0.489 e. The van der Waals surface area contributed by atoms with Gasteiger partial charge in [0.1, 0.15) is 18.2 Å². The first-order chi connectivity index (χ1) is 16.5. The van der Waals surface area contributed by atoms with Crippen LogP contribution in [0.4, 0.5) is 9.18 Å². The molecule has 1 spiro atoms. The van der Waals surface area contributed by atoms with Crippen molar-refractivity contribution in [1.29, 1.82) is 0 Å². The quantitative estimate of drug-likeness (QED) is 0.538. The number of hydrogen-bond acceptors (Lipinski definition) is 4. The van der Waals surface area contributed by atoms with Gasteiger partial charge in [-0.2, -0.15) is 0 Å². The van der Waals surface area contributed by atoms with E-state index in [4.69, 9.17) is 9.47 Å². The lowest BCUT2D eigenvalue weighted by Gasteiger charge is -2.22. The summed E-state index contributed by atoms with van der Waals surface area (Å²) in [5, 5.41) is 0. The van der Waals surface area contributed by atoms with Crippen LogP contribution in [0, 0.1) is 5.82 Å². The SMILES string of the molecule is O=C1O[C@]2(CCN(C(=O)c3cccc(OCc4ccc(F)cc4)c3)C2)CN1Cc1ccccc1. The van der Waals surface area contributed by atoms with Crippen molar-refractivity contribution in [2.45, 2.75) is 25.2 Å². The molecule has 2 aliphatic heterocycles. The first kappa shape index (κ1) is 21.9. The van der Waals surface area contributed by atoms with Crippen LogP contribution in [0.3, 0.4) is 0 Å². The summed E-state index contributed by atoms with van der Waals surface area (Å²) in [5.41, 5.74) is 1.72. The molecule has 2 amide bonds. The second-order valence-electron chi connectivity index (χ2n) is 8.81. The zero-order valence-corrected chi connectivity index (χ0v) is 18.7. The highest BCUT2D eigenvalue weighted by Gasteiger charge is 2.50. The Morgan fingerprint density at radius 2 is 1.76 bits per heavy atom. The summed E-state index contributed by atoms with van der Waals surface area (Å²) < 4.78 is 24.6. The maximum Gasteiger partial charge on any atom is 0.410 e. The lowest BCUT2D eigenvalue weighted by molar-refractivity contribution is 0.0552. The smallest absolute Gasteiger partial charge is 0.410 e. The summed E-state index contributed by atoms with van der Waals surface area (Å²) >= 11 is 0. The molecule has 5 rings (SSSR count). The number of carbonyl (C=O) groups is 2. The van der Waals surface area contributed by atoms with Gasteiger partial charge in [-0.25, -0.2) is 9.18 Å². The van der Waals surface area contributed by atoms with Gasteiger partial charge in [-0.05, 0) is 41.5 Å². The highest BCUT2D eigenvalue weighted by atomic mass is 19.1. The molecule has 0 aliphatic carbocycles. The van der Waals surface area contributed by atoms with E-state index in [2.05, 4.69) is 0 Å². The average molecular weight is 461 g/mol. The minimum atomic E-state index is -0.668. The Morgan fingerprint density at radius 1 is 0.971 bits per heavy atom. The van der Waals surface area contributed by atoms with Crippen molar-refractivity contribution in [3.8, 4) is 5.75 Å². The summed E-state index contributed by atoms with van der Waals surface area (Å²) in [6.07, 6.45) is 0.269. The normalized spacial score (nSPS) is 19.5. The Morgan fingerprint density at radius 3 is 2.56 bits per heavy atom. The minimum absolute atomic E-state index is 0.123. The lowest BCUT2D eigenvalue weighted by Crippen LogP contribution is -2.39. The molecule has 0 N–H and O–H groups in total. The van der Waals surface area contributed by atoms with E-state index in [1.54, 1.807) is 46.2 Å². The molecule has 34 heavy (non-hydrogen) atoms. The Hall–Kier alpha value is -3.87. The van der Waals surface area contributed by atoms with E-state index < -0.39 is 5.60 Å². The van der Waals surface area contributed by atoms with Gasteiger partial charge in [0.2, 0.25) is 0 Å². The van der Waals surface area contributed by atoms with Crippen molar-refractivity contribution in [2.24, 2.45) is 0 Å². The number of likely N-dealkylation sites (tertiary alicyclic amines) is 1. The maximum absolute atomic E-state index is 13.2.